The number of hydrogen-bond donors (Lipinski definition) is 3. The Balaban J connectivity index is 2.52. The quantitative estimate of drug-likeness (QED) is 0.540. The van der Waals surface area contributed by atoms with Gasteiger partial charge in [-0.15, -0.1) is 0 Å². The molecule has 0 unspecified atom stereocenters. The first-order valence-corrected chi connectivity index (χ1v) is 7.93. The number of benzene rings is 1. The van der Waals surface area contributed by atoms with Crippen molar-refractivity contribution >= 4 is 23.7 Å². The van der Waals surface area contributed by atoms with E-state index in [1.807, 2.05) is 0 Å². The second kappa shape index (κ2) is 10.1. The summed E-state index contributed by atoms with van der Waals surface area (Å²) in [7, 11) is 0. The monoisotopic (exact) mass is 349 g/mol. The van der Waals surface area contributed by atoms with Crippen LogP contribution < -0.4 is 16.4 Å². The third kappa shape index (κ3) is 7.03. The Hall–Kier alpha value is -2.90. The van der Waals surface area contributed by atoms with Crippen molar-refractivity contribution in [2.45, 2.75) is 26.3 Å². The summed E-state index contributed by atoms with van der Waals surface area (Å²) in [5.41, 5.74) is 5.68. The molecule has 3 amide bonds. The number of nitrogens with two attached hydrogens (primary N) is 1. The van der Waals surface area contributed by atoms with Crippen LogP contribution in [-0.4, -0.2) is 42.9 Å². The van der Waals surface area contributed by atoms with Crippen LogP contribution in [0.2, 0.25) is 0 Å². The Bertz CT molecular complexity index is 618. The first kappa shape index (κ1) is 20.1. The normalized spacial score (nSPS) is 12.6. The molecule has 1 aromatic carbocycles. The summed E-state index contributed by atoms with van der Waals surface area (Å²) in [4.78, 5) is 46.9. The van der Waals surface area contributed by atoms with Crippen molar-refractivity contribution in [1.29, 1.82) is 0 Å². The van der Waals surface area contributed by atoms with Crippen LogP contribution in [0.15, 0.2) is 30.3 Å². The maximum atomic E-state index is 11.9. The van der Waals surface area contributed by atoms with Gasteiger partial charge in [-0.2, -0.15) is 0 Å². The Labute approximate surface area is 146 Å². The average Bonchev–Trinajstić information content (AvgIpc) is 2.59. The Kier molecular flexibility index (Phi) is 8.11. The van der Waals surface area contributed by atoms with E-state index in [1.165, 1.54) is 0 Å². The van der Waals surface area contributed by atoms with Crippen LogP contribution >= 0.6 is 0 Å². The molecule has 25 heavy (non-hydrogen) atoms. The predicted molar refractivity (Wildman–Crippen MR) is 90.3 cm³/mol. The second-order valence-electron chi connectivity index (χ2n) is 5.46. The van der Waals surface area contributed by atoms with Crippen molar-refractivity contribution in [3.05, 3.63) is 35.9 Å². The molecule has 0 aliphatic carbocycles. The number of primary amides is 1. The summed E-state index contributed by atoms with van der Waals surface area (Å²) in [6.45, 7) is 3.16. The minimum atomic E-state index is -1.03. The third-order valence-corrected chi connectivity index (χ3v) is 3.40. The molecule has 0 fully saturated rings. The number of amides is 3. The number of esters is 1. The zero-order valence-corrected chi connectivity index (χ0v) is 14.3. The van der Waals surface area contributed by atoms with Gasteiger partial charge in [0, 0.05) is 5.56 Å². The molecule has 0 spiro atoms. The van der Waals surface area contributed by atoms with Gasteiger partial charge in [0.2, 0.25) is 11.8 Å². The molecule has 0 heterocycles. The molecule has 1 aromatic rings. The topological polar surface area (TPSA) is 128 Å². The van der Waals surface area contributed by atoms with E-state index in [0.717, 1.165) is 0 Å². The predicted octanol–water partition coefficient (Wildman–Crippen LogP) is -0.0242. The van der Waals surface area contributed by atoms with E-state index in [0.29, 0.717) is 5.56 Å². The number of nitrogens with one attached hydrogen (secondary N) is 2. The van der Waals surface area contributed by atoms with Crippen LogP contribution in [-0.2, 0) is 19.1 Å². The summed E-state index contributed by atoms with van der Waals surface area (Å²) in [5, 5.41) is 4.86. The van der Waals surface area contributed by atoms with Crippen molar-refractivity contribution in [1.82, 2.24) is 10.6 Å². The molecule has 8 heteroatoms. The number of carbonyl (C=O) groups is 4. The lowest BCUT2D eigenvalue weighted by Gasteiger charge is -2.19. The van der Waals surface area contributed by atoms with Gasteiger partial charge in [0.25, 0.3) is 5.91 Å². The highest BCUT2D eigenvalue weighted by atomic mass is 16.5. The van der Waals surface area contributed by atoms with Crippen molar-refractivity contribution in [2.24, 2.45) is 11.7 Å². The van der Waals surface area contributed by atoms with Crippen LogP contribution in [0.4, 0.5) is 0 Å². The van der Waals surface area contributed by atoms with Crippen molar-refractivity contribution < 1.29 is 23.9 Å². The van der Waals surface area contributed by atoms with Crippen molar-refractivity contribution in [3.8, 4) is 0 Å². The Morgan fingerprint density at radius 1 is 1.16 bits per heavy atom. The fourth-order valence-electron chi connectivity index (χ4n) is 2.08. The first-order chi connectivity index (χ1) is 11.8. The molecule has 0 aromatic heterocycles. The molecular formula is C17H23N3O5. The molecule has 0 bridgehead atoms. The maximum Gasteiger partial charge on any atom is 0.308 e. The van der Waals surface area contributed by atoms with Gasteiger partial charge in [0.1, 0.15) is 6.04 Å². The number of rotatable bonds is 9. The molecule has 2 atom stereocenters. The van der Waals surface area contributed by atoms with Gasteiger partial charge >= 0.3 is 5.97 Å². The molecule has 0 saturated heterocycles. The summed E-state index contributed by atoms with van der Waals surface area (Å²) >= 11 is 0. The molecule has 0 saturated carbocycles. The van der Waals surface area contributed by atoms with Crippen molar-refractivity contribution in [2.75, 3.05) is 13.2 Å². The fourth-order valence-corrected chi connectivity index (χ4v) is 2.08. The largest absolute Gasteiger partial charge is 0.466 e. The summed E-state index contributed by atoms with van der Waals surface area (Å²) < 4.78 is 4.86. The van der Waals surface area contributed by atoms with Gasteiger partial charge in [-0.3, -0.25) is 19.2 Å². The molecule has 136 valence electrons. The molecule has 8 nitrogen and oxygen atoms in total. The van der Waals surface area contributed by atoms with Crippen LogP contribution in [0, 0.1) is 5.92 Å². The van der Waals surface area contributed by atoms with Crippen LogP contribution in [0.5, 0.6) is 0 Å². The Morgan fingerprint density at radius 2 is 1.80 bits per heavy atom. The second-order valence-corrected chi connectivity index (χ2v) is 5.46. The first-order valence-electron chi connectivity index (χ1n) is 7.93. The van der Waals surface area contributed by atoms with E-state index in [2.05, 4.69) is 10.6 Å². The lowest BCUT2D eigenvalue weighted by Crippen LogP contribution is -2.49. The van der Waals surface area contributed by atoms with Crippen LogP contribution in [0.1, 0.15) is 30.6 Å². The van der Waals surface area contributed by atoms with Crippen LogP contribution in [0.3, 0.4) is 0 Å². The van der Waals surface area contributed by atoms with Crippen molar-refractivity contribution in [3.63, 3.8) is 0 Å². The highest BCUT2D eigenvalue weighted by Gasteiger charge is 2.25. The summed E-state index contributed by atoms with van der Waals surface area (Å²) in [6, 6.07) is 7.37. The average molecular weight is 349 g/mol. The van der Waals surface area contributed by atoms with Crippen LogP contribution in [0.25, 0.3) is 0 Å². The molecular weight excluding hydrogens is 326 g/mol. The zero-order chi connectivity index (χ0) is 18.8. The van der Waals surface area contributed by atoms with Gasteiger partial charge < -0.3 is 21.1 Å². The standard InChI is InChI=1S/C17H23N3O5/c1-3-25-17(24)11(2)9-13(15(18)22)20-14(21)10-19-16(23)12-7-5-4-6-8-12/h4-8,11,13H,3,9-10H2,1-2H3,(H2,18,22)(H,19,23)(H,20,21)/t11-,13-/m0/s1. The highest BCUT2D eigenvalue weighted by molar-refractivity contribution is 5.97. The summed E-state index contributed by atoms with van der Waals surface area (Å²) in [5.74, 6) is -2.83. The van der Waals surface area contributed by atoms with E-state index < -0.39 is 35.7 Å². The number of carbonyl (C=O) groups excluding carboxylic acids is 4. The van der Waals surface area contributed by atoms with E-state index in [4.69, 9.17) is 10.5 Å². The van der Waals surface area contributed by atoms with E-state index in [-0.39, 0.29) is 19.6 Å². The van der Waals surface area contributed by atoms with Gasteiger partial charge in [-0.25, -0.2) is 0 Å². The van der Waals surface area contributed by atoms with E-state index in [1.54, 1.807) is 44.2 Å². The molecule has 4 N–H and O–H groups in total. The highest BCUT2D eigenvalue weighted by Crippen LogP contribution is 2.08. The zero-order valence-electron chi connectivity index (χ0n) is 14.3. The molecule has 1 rings (SSSR count). The molecule has 0 aliphatic rings. The smallest absolute Gasteiger partial charge is 0.308 e. The maximum absolute atomic E-state index is 11.9. The third-order valence-electron chi connectivity index (χ3n) is 3.40. The molecule has 0 radical (unpaired) electrons. The lowest BCUT2D eigenvalue weighted by atomic mass is 10.0. The fraction of sp³-hybridized carbons (Fsp3) is 0.412. The lowest BCUT2D eigenvalue weighted by molar-refractivity contribution is -0.148. The van der Waals surface area contributed by atoms with Gasteiger partial charge in [-0.1, -0.05) is 25.1 Å². The van der Waals surface area contributed by atoms with E-state index in [9.17, 15) is 19.2 Å². The molecule has 0 aliphatic heterocycles. The van der Waals surface area contributed by atoms with Gasteiger partial charge in [-0.05, 0) is 25.5 Å². The number of ether oxygens (including phenoxy) is 1. The number of hydrogen-bond acceptors (Lipinski definition) is 5. The van der Waals surface area contributed by atoms with Gasteiger partial charge in [0.15, 0.2) is 0 Å². The minimum Gasteiger partial charge on any atom is -0.466 e. The Morgan fingerprint density at radius 3 is 2.36 bits per heavy atom. The summed E-state index contributed by atoms with van der Waals surface area (Å²) in [6.07, 6.45) is 0.0204. The van der Waals surface area contributed by atoms with Gasteiger partial charge in [0.05, 0.1) is 19.1 Å². The van der Waals surface area contributed by atoms with E-state index >= 15 is 0 Å². The SMILES string of the molecule is CCOC(=O)[C@@H](C)C[C@H](NC(=O)CNC(=O)c1ccccc1)C(N)=O. The minimum absolute atomic E-state index is 0.0204.